The Morgan fingerprint density at radius 3 is 2.74 bits per heavy atom. The Morgan fingerprint density at radius 2 is 2.05 bits per heavy atom. The molecule has 1 atom stereocenters. The summed E-state index contributed by atoms with van der Waals surface area (Å²) in [6, 6.07) is 5.76. The molecular formula is C15H24N2O2. The van der Waals surface area contributed by atoms with E-state index in [0.29, 0.717) is 12.6 Å². The molecule has 4 heteroatoms. The third kappa shape index (κ3) is 3.39. The van der Waals surface area contributed by atoms with E-state index in [1.807, 2.05) is 6.07 Å². The second-order valence-corrected chi connectivity index (χ2v) is 5.39. The van der Waals surface area contributed by atoms with E-state index in [1.54, 1.807) is 12.1 Å². The quantitative estimate of drug-likeness (QED) is 0.853. The minimum Gasteiger partial charge on any atom is -0.508 e. The van der Waals surface area contributed by atoms with Crippen LogP contribution in [-0.4, -0.2) is 55.2 Å². The van der Waals surface area contributed by atoms with Gasteiger partial charge in [-0.3, -0.25) is 4.90 Å². The molecule has 0 bridgehead atoms. The highest BCUT2D eigenvalue weighted by molar-refractivity contribution is 5.44. The van der Waals surface area contributed by atoms with E-state index in [9.17, 15) is 5.11 Å². The summed E-state index contributed by atoms with van der Waals surface area (Å²) in [6.07, 6.45) is 1.14. The summed E-state index contributed by atoms with van der Waals surface area (Å²) < 4.78 is 5.71. The van der Waals surface area contributed by atoms with Crippen LogP contribution in [0.4, 0.5) is 0 Å². The second kappa shape index (κ2) is 6.26. The lowest BCUT2D eigenvalue weighted by Gasteiger charge is -2.28. The van der Waals surface area contributed by atoms with Crippen LogP contribution in [0.5, 0.6) is 11.5 Å². The SMILES string of the molecule is CCCN(CCN(C)C)C1COc2cc(O)ccc21. The van der Waals surface area contributed by atoms with Gasteiger partial charge < -0.3 is 14.7 Å². The van der Waals surface area contributed by atoms with E-state index >= 15 is 0 Å². The Labute approximate surface area is 115 Å². The summed E-state index contributed by atoms with van der Waals surface area (Å²) in [4.78, 5) is 4.68. The molecule has 0 amide bonds. The molecule has 1 aliphatic rings. The number of likely N-dealkylation sites (N-methyl/N-ethyl adjacent to an activating group) is 1. The van der Waals surface area contributed by atoms with Crippen LogP contribution >= 0.6 is 0 Å². The predicted octanol–water partition coefficient (Wildman–Crippen LogP) is 2.10. The highest BCUT2D eigenvalue weighted by Gasteiger charge is 2.29. The second-order valence-electron chi connectivity index (χ2n) is 5.39. The van der Waals surface area contributed by atoms with Crippen LogP contribution in [0.1, 0.15) is 24.9 Å². The van der Waals surface area contributed by atoms with Gasteiger partial charge in [0.05, 0.1) is 6.04 Å². The summed E-state index contributed by atoms with van der Waals surface area (Å²) in [5, 5.41) is 9.50. The zero-order valence-corrected chi connectivity index (χ0v) is 12.1. The maximum atomic E-state index is 9.50. The van der Waals surface area contributed by atoms with Gasteiger partial charge in [-0.25, -0.2) is 0 Å². The molecule has 1 aliphatic heterocycles. The summed E-state index contributed by atoms with van der Waals surface area (Å²) in [7, 11) is 4.20. The molecule has 0 spiro atoms. The van der Waals surface area contributed by atoms with Gasteiger partial charge in [-0.15, -0.1) is 0 Å². The minimum atomic E-state index is 0.273. The maximum absolute atomic E-state index is 9.50. The molecule has 1 unspecified atom stereocenters. The van der Waals surface area contributed by atoms with Crippen molar-refractivity contribution in [3.05, 3.63) is 23.8 Å². The Kier molecular flexibility index (Phi) is 4.66. The van der Waals surface area contributed by atoms with Crippen molar-refractivity contribution >= 4 is 0 Å². The average molecular weight is 264 g/mol. The maximum Gasteiger partial charge on any atom is 0.127 e. The standard InChI is InChI=1S/C15H24N2O2/c1-4-7-17(9-8-16(2)3)14-11-19-15-10-12(18)5-6-13(14)15/h5-6,10,14,18H,4,7-9,11H2,1-3H3. The summed E-state index contributed by atoms with van der Waals surface area (Å²) in [5.41, 5.74) is 1.20. The smallest absolute Gasteiger partial charge is 0.127 e. The minimum absolute atomic E-state index is 0.273. The zero-order valence-electron chi connectivity index (χ0n) is 12.1. The normalized spacial score (nSPS) is 17.8. The Bertz CT molecular complexity index is 421. The molecule has 0 radical (unpaired) electrons. The van der Waals surface area contributed by atoms with Crippen molar-refractivity contribution in [3.63, 3.8) is 0 Å². The Hall–Kier alpha value is -1.26. The van der Waals surface area contributed by atoms with E-state index in [2.05, 4.69) is 30.8 Å². The first-order valence-corrected chi connectivity index (χ1v) is 6.96. The Morgan fingerprint density at radius 1 is 1.26 bits per heavy atom. The molecule has 4 nitrogen and oxygen atoms in total. The van der Waals surface area contributed by atoms with Gasteiger partial charge in [0.15, 0.2) is 0 Å². The number of fused-ring (bicyclic) bond motifs is 1. The zero-order chi connectivity index (χ0) is 13.8. The van der Waals surface area contributed by atoms with Crippen LogP contribution in [0.15, 0.2) is 18.2 Å². The number of rotatable bonds is 6. The first-order chi connectivity index (χ1) is 9.11. The largest absolute Gasteiger partial charge is 0.508 e. The van der Waals surface area contributed by atoms with Crippen molar-refractivity contribution in [2.45, 2.75) is 19.4 Å². The summed E-state index contributed by atoms with van der Waals surface area (Å²) in [5.74, 6) is 1.10. The highest BCUT2D eigenvalue weighted by Crippen LogP contribution is 2.38. The van der Waals surface area contributed by atoms with Crippen molar-refractivity contribution < 1.29 is 9.84 Å². The molecule has 19 heavy (non-hydrogen) atoms. The van der Waals surface area contributed by atoms with Gasteiger partial charge in [0.1, 0.15) is 18.1 Å². The van der Waals surface area contributed by atoms with Crippen molar-refractivity contribution in [1.82, 2.24) is 9.80 Å². The number of nitrogens with zero attached hydrogens (tertiary/aromatic N) is 2. The van der Waals surface area contributed by atoms with Crippen LogP contribution in [-0.2, 0) is 0 Å². The molecule has 0 saturated heterocycles. The molecule has 2 rings (SSSR count). The summed E-state index contributed by atoms with van der Waals surface area (Å²) in [6.45, 7) is 6.05. The lowest BCUT2D eigenvalue weighted by atomic mass is 10.1. The van der Waals surface area contributed by atoms with Crippen LogP contribution in [0.3, 0.4) is 0 Å². The molecule has 1 N–H and O–H groups in total. The van der Waals surface area contributed by atoms with Crippen molar-refractivity contribution in [1.29, 1.82) is 0 Å². The molecule has 0 fully saturated rings. The van der Waals surface area contributed by atoms with Gasteiger partial charge in [-0.05, 0) is 39.2 Å². The van der Waals surface area contributed by atoms with E-state index in [-0.39, 0.29) is 5.75 Å². The fraction of sp³-hybridized carbons (Fsp3) is 0.600. The average Bonchev–Trinajstić information content (AvgIpc) is 2.77. The molecule has 0 saturated carbocycles. The van der Waals surface area contributed by atoms with E-state index in [0.717, 1.165) is 31.8 Å². The van der Waals surface area contributed by atoms with Crippen LogP contribution in [0.2, 0.25) is 0 Å². The number of phenolic OH excluding ortho intramolecular Hbond substituents is 1. The van der Waals surface area contributed by atoms with E-state index in [1.165, 1.54) is 5.56 Å². The summed E-state index contributed by atoms with van der Waals surface area (Å²) >= 11 is 0. The topological polar surface area (TPSA) is 35.9 Å². The molecule has 0 aromatic heterocycles. The van der Waals surface area contributed by atoms with Gasteiger partial charge in [-0.1, -0.05) is 6.92 Å². The number of hydrogen-bond acceptors (Lipinski definition) is 4. The van der Waals surface area contributed by atoms with Gasteiger partial charge in [0.25, 0.3) is 0 Å². The van der Waals surface area contributed by atoms with E-state index in [4.69, 9.17) is 4.74 Å². The fourth-order valence-electron chi connectivity index (χ4n) is 2.52. The van der Waals surface area contributed by atoms with Gasteiger partial charge >= 0.3 is 0 Å². The van der Waals surface area contributed by atoms with Gasteiger partial charge in [-0.2, -0.15) is 0 Å². The number of benzene rings is 1. The Balaban J connectivity index is 2.11. The van der Waals surface area contributed by atoms with E-state index < -0.39 is 0 Å². The van der Waals surface area contributed by atoms with Gasteiger partial charge in [0, 0.05) is 24.7 Å². The lowest BCUT2D eigenvalue weighted by Crippen LogP contribution is -2.36. The van der Waals surface area contributed by atoms with Crippen molar-refractivity contribution in [2.24, 2.45) is 0 Å². The number of hydrogen-bond donors (Lipinski definition) is 1. The molecule has 106 valence electrons. The number of ether oxygens (including phenoxy) is 1. The number of phenols is 1. The van der Waals surface area contributed by atoms with Crippen molar-refractivity contribution in [2.75, 3.05) is 40.3 Å². The third-order valence-corrected chi connectivity index (χ3v) is 3.54. The molecule has 1 aromatic carbocycles. The molecule has 1 aromatic rings. The van der Waals surface area contributed by atoms with Crippen molar-refractivity contribution in [3.8, 4) is 11.5 Å². The first kappa shape index (κ1) is 14.2. The number of aromatic hydroxyl groups is 1. The molecule has 0 aliphatic carbocycles. The highest BCUT2D eigenvalue weighted by atomic mass is 16.5. The van der Waals surface area contributed by atoms with Crippen LogP contribution in [0, 0.1) is 0 Å². The van der Waals surface area contributed by atoms with Crippen LogP contribution in [0.25, 0.3) is 0 Å². The van der Waals surface area contributed by atoms with Gasteiger partial charge in [0.2, 0.25) is 0 Å². The predicted molar refractivity (Wildman–Crippen MR) is 76.8 cm³/mol. The lowest BCUT2D eigenvalue weighted by molar-refractivity contribution is 0.151. The first-order valence-electron chi connectivity index (χ1n) is 6.96. The molecule has 1 heterocycles. The molecular weight excluding hydrogens is 240 g/mol. The third-order valence-electron chi connectivity index (χ3n) is 3.54. The monoisotopic (exact) mass is 264 g/mol. The fourth-order valence-corrected chi connectivity index (χ4v) is 2.52. The van der Waals surface area contributed by atoms with Crippen LogP contribution < -0.4 is 4.74 Å².